The molecule has 0 amide bonds. The van der Waals surface area contributed by atoms with E-state index in [-0.39, 0.29) is 80.1 Å². The third-order valence-corrected chi connectivity index (χ3v) is 2.07. The summed E-state index contributed by atoms with van der Waals surface area (Å²) in [5, 5.41) is 4.18. The molecule has 14 heavy (non-hydrogen) atoms. The van der Waals surface area contributed by atoms with E-state index >= 15 is 0 Å². The van der Waals surface area contributed by atoms with Crippen molar-refractivity contribution in [3.8, 4) is 0 Å². The smallest absolute Gasteiger partial charge is 1.00 e. The quantitative estimate of drug-likeness (QED) is 0.260. The van der Waals surface area contributed by atoms with Crippen LogP contribution in [0.3, 0.4) is 0 Å². The zero-order chi connectivity index (χ0) is 7.40. The normalized spacial score (nSPS) is 14.6. The van der Waals surface area contributed by atoms with Crippen LogP contribution < -0.4 is 34.0 Å². The number of halogens is 2. The van der Waals surface area contributed by atoms with Crippen LogP contribution in [0, 0.1) is 0 Å². The maximum absolute atomic E-state index is 4.72. The third-order valence-electron chi connectivity index (χ3n) is 1.86. The Balaban J connectivity index is -0.000000125. The van der Waals surface area contributed by atoms with Gasteiger partial charge in [0, 0.05) is 0 Å². The number of hydrogen-bond acceptors (Lipinski definition) is 2. The molecule has 0 unspecified atom stereocenters. The molecule has 1 saturated carbocycles. The van der Waals surface area contributed by atoms with Crippen molar-refractivity contribution in [1.29, 1.82) is 0 Å². The van der Waals surface area contributed by atoms with Crippen molar-refractivity contribution in [2.45, 2.75) is 38.1 Å². The molecule has 0 atom stereocenters. The zero-order valence-corrected chi connectivity index (χ0v) is 15.7. The van der Waals surface area contributed by atoms with Crippen LogP contribution in [0.2, 0.25) is 0 Å². The summed E-state index contributed by atoms with van der Waals surface area (Å²) in [5.41, 5.74) is 0. The molecule has 0 heterocycles. The predicted octanol–water partition coefficient (Wildman–Crippen LogP) is -4.23. The number of rotatable bonds is 1. The van der Waals surface area contributed by atoms with Gasteiger partial charge in [0.25, 0.3) is 0 Å². The van der Waals surface area contributed by atoms with Crippen molar-refractivity contribution >= 4 is 75.3 Å². The molecule has 74 valence electrons. The monoisotopic (exact) mass is 379 g/mol. The molecular weight excluding hydrogens is 371 g/mol. The van der Waals surface area contributed by atoms with Crippen molar-refractivity contribution in [2.24, 2.45) is 0 Å². The van der Waals surface area contributed by atoms with E-state index in [1.54, 1.807) is 0 Å². The van der Waals surface area contributed by atoms with Gasteiger partial charge in [0.1, 0.15) is 0 Å². The summed E-state index contributed by atoms with van der Waals surface area (Å²) >= 11 is 9.45. The SMILES string of the molecule is S=C([S-])[N-]C1CCCCC1.[Br-].[Br-].[Mg+2].[Mg+2]. The van der Waals surface area contributed by atoms with Crippen LogP contribution in [0.1, 0.15) is 32.1 Å². The van der Waals surface area contributed by atoms with E-state index in [4.69, 9.17) is 24.8 Å². The van der Waals surface area contributed by atoms with E-state index in [1.807, 2.05) is 0 Å². The molecule has 0 aromatic carbocycles. The van der Waals surface area contributed by atoms with E-state index in [0.717, 1.165) is 0 Å². The van der Waals surface area contributed by atoms with Crippen LogP contribution in [-0.2, 0) is 12.6 Å². The Hall–Kier alpha value is 2.60. The van der Waals surface area contributed by atoms with Gasteiger partial charge in [-0.25, -0.2) is 0 Å². The molecule has 0 spiro atoms. The van der Waals surface area contributed by atoms with Gasteiger partial charge in [-0.05, 0) is 0 Å². The van der Waals surface area contributed by atoms with Crippen LogP contribution >= 0.6 is 12.2 Å². The standard InChI is InChI=1S/C7H13NS2.2BrH.2Mg/c9-7(10)8-6-4-2-1-3-5-6;;;;/h6H,1-5H2,(H2,8,9,10);2*1H;;/q;;;2*+2/p-4. The topological polar surface area (TPSA) is 14.1 Å². The van der Waals surface area contributed by atoms with Crippen LogP contribution in [0.25, 0.3) is 5.32 Å². The average Bonchev–Trinajstić information content (AvgIpc) is 1.88. The molecule has 0 aromatic rings. The van der Waals surface area contributed by atoms with Gasteiger partial charge < -0.3 is 64.1 Å². The Morgan fingerprint density at radius 2 is 1.50 bits per heavy atom. The largest absolute Gasteiger partial charge is 2.00 e. The molecule has 0 bridgehead atoms. The Labute approximate surface area is 151 Å². The Morgan fingerprint density at radius 1 is 1.07 bits per heavy atom. The molecule has 1 rings (SSSR count). The van der Waals surface area contributed by atoms with Gasteiger partial charge in [-0.2, -0.15) is 0 Å². The van der Waals surface area contributed by atoms with Gasteiger partial charge in [0.2, 0.25) is 0 Å². The first-order valence-corrected chi connectivity index (χ1v) is 4.52. The molecule has 1 nitrogen and oxygen atoms in total. The Kier molecular flexibility index (Phi) is 28.4. The molecule has 0 radical (unpaired) electrons. The zero-order valence-electron chi connectivity index (χ0n) is 8.05. The molecule has 1 aliphatic rings. The van der Waals surface area contributed by atoms with Crippen LogP contribution in [0.4, 0.5) is 0 Å². The first kappa shape index (κ1) is 25.4. The van der Waals surface area contributed by atoms with Crippen molar-refractivity contribution < 1.29 is 34.0 Å². The minimum atomic E-state index is 0. The maximum Gasteiger partial charge on any atom is 2.00 e. The van der Waals surface area contributed by atoms with Crippen molar-refractivity contribution in [3.05, 3.63) is 5.32 Å². The van der Waals surface area contributed by atoms with E-state index in [0.29, 0.717) is 10.4 Å². The average molecular weight is 382 g/mol. The van der Waals surface area contributed by atoms with Gasteiger partial charge >= 0.3 is 46.1 Å². The molecule has 0 aromatic heterocycles. The fourth-order valence-corrected chi connectivity index (χ4v) is 1.66. The molecule has 7 heteroatoms. The van der Waals surface area contributed by atoms with E-state index in [1.165, 1.54) is 32.1 Å². The molecular formula is C7H11Br2Mg2NS2. The number of hydrogen-bond donors (Lipinski definition) is 0. The van der Waals surface area contributed by atoms with Crippen LogP contribution in [0.15, 0.2) is 0 Å². The Bertz CT molecular complexity index is 135. The van der Waals surface area contributed by atoms with Gasteiger partial charge in [-0.3, -0.25) is 4.32 Å². The van der Waals surface area contributed by atoms with Gasteiger partial charge in [-0.15, -0.1) is 6.04 Å². The van der Waals surface area contributed by atoms with E-state index in [2.05, 4.69) is 5.32 Å². The van der Waals surface area contributed by atoms with Crippen molar-refractivity contribution in [2.75, 3.05) is 0 Å². The van der Waals surface area contributed by atoms with Crippen molar-refractivity contribution in [3.63, 3.8) is 0 Å². The van der Waals surface area contributed by atoms with Gasteiger partial charge in [0.15, 0.2) is 0 Å². The Morgan fingerprint density at radius 3 is 1.86 bits per heavy atom. The molecule has 0 aliphatic heterocycles. The molecule has 1 aliphatic carbocycles. The van der Waals surface area contributed by atoms with Crippen molar-refractivity contribution in [1.82, 2.24) is 0 Å². The third kappa shape index (κ3) is 12.7. The van der Waals surface area contributed by atoms with E-state index < -0.39 is 0 Å². The van der Waals surface area contributed by atoms with Crippen LogP contribution in [0.5, 0.6) is 0 Å². The molecule has 0 N–H and O–H groups in total. The molecule has 0 saturated heterocycles. The minimum absolute atomic E-state index is 0. The predicted molar refractivity (Wildman–Crippen MR) is 61.7 cm³/mol. The molecule has 1 fully saturated rings. The number of thiocarbonyl (C=S) groups is 1. The van der Waals surface area contributed by atoms with Crippen LogP contribution in [-0.4, -0.2) is 56.5 Å². The van der Waals surface area contributed by atoms with Gasteiger partial charge in [-0.1, -0.05) is 32.1 Å². The second kappa shape index (κ2) is 15.6. The maximum atomic E-state index is 4.72. The summed E-state index contributed by atoms with van der Waals surface area (Å²) in [6.45, 7) is 0. The fraction of sp³-hybridized carbons (Fsp3) is 0.857. The first-order valence-electron chi connectivity index (χ1n) is 3.71. The second-order valence-electron chi connectivity index (χ2n) is 2.69. The second-order valence-corrected chi connectivity index (χ2v) is 3.72. The first-order chi connectivity index (χ1) is 4.79. The summed E-state index contributed by atoms with van der Waals surface area (Å²) < 4.78 is 0.409. The summed E-state index contributed by atoms with van der Waals surface area (Å²) in [6.07, 6.45) is 6.34. The fourth-order valence-electron chi connectivity index (χ4n) is 1.36. The number of nitrogens with zero attached hydrogens (tertiary/aromatic N) is 1. The summed E-state index contributed by atoms with van der Waals surface area (Å²) in [5.74, 6) is 0. The van der Waals surface area contributed by atoms with Gasteiger partial charge in [0.05, 0.1) is 0 Å². The summed E-state index contributed by atoms with van der Waals surface area (Å²) in [7, 11) is 0. The summed E-state index contributed by atoms with van der Waals surface area (Å²) in [4.78, 5) is 0. The minimum Gasteiger partial charge on any atom is -1.00 e. The van der Waals surface area contributed by atoms with E-state index in [9.17, 15) is 0 Å². The summed E-state index contributed by atoms with van der Waals surface area (Å²) in [6, 6.07) is 0.457.